The van der Waals surface area contributed by atoms with Gasteiger partial charge in [-0.3, -0.25) is 4.79 Å². The highest BCUT2D eigenvalue weighted by molar-refractivity contribution is 5.96. The fourth-order valence-electron chi connectivity index (χ4n) is 1.29. The number of rotatable bonds is 3. The van der Waals surface area contributed by atoms with Gasteiger partial charge in [0.1, 0.15) is 0 Å². The third-order valence-corrected chi connectivity index (χ3v) is 2.48. The minimum Gasteiger partial charge on any atom is -0.320 e. The molecule has 15 heavy (non-hydrogen) atoms. The summed E-state index contributed by atoms with van der Waals surface area (Å²) in [5, 5.41) is 0. The zero-order valence-corrected chi connectivity index (χ0v) is 9.47. The SMILES string of the molecule is CC(C)[C@@H](N)C(=O)N(C)c1ccccc1. The van der Waals surface area contributed by atoms with Crippen molar-refractivity contribution in [1.29, 1.82) is 0 Å². The van der Waals surface area contributed by atoms with E-state index >= 15 is 0 Å². The average Bonchev–Trinajstić information content (AvgIpc) is 2.27. The Morgan fingerprint density at radius 3 is 2.27 bits per heavy atom. The van der Waals surface area contributed by atoms with Crippen LogP contribution < -0.4 is 10.6 Å². The number of likely N-dealkylation sites (N-methyl/N-ethyl adjacent to an activating group) is 1. The van der Waals surface area contributed by atoms with Gasteiger partial charge in [-0.2, -0.15) is 0 Å². The summed E-state index contributed by atoms with van der Waals surface area (Å²) in [6, 6.07) is 9.08. The monoisotopic (exact) mass is 206 g/mol. The number of nitrogens with zero attached hydrogens (tertiary/aromatic N) is 1. The molecule has 3 heteroatoms. The lowest BCUT2D eigenvalue weighted by molar-refractivity contribution is -0.120. The quantitative estimate of drug-likeness (QED) is 0.817. The van der Waals surface area contributed by atoms with Crippen LogP contribution in [0.2, 0.25) is 0 Å². The number of carbonyl (C=O) groups excluding carboxylic acids is 1. The van der Waals surface area contributed by atoms with Crippen molar-refractivity contribution in [2.75, 3.05) is 11.9 Å². The van der Waals surface area contributed by atoms with E-state index in [0.29, 0.717) is 0 Å². The van der Waals surface area contributed by atoms with E-state index in [1.165, 1.54) is 0 Å². The lowest BCUT2D eigenvalue weighted by Gasteiger charge is -2.23. The lowest BCUT2D eigenvalue weighted by Crippen LogP contribution is -2.44. The van der Waals surface area contributed by atoms with Crippen LogP contribution >= 0.6 is 0 Å². The van der Waals surface area contributed by atoms with Crippen molar-refractivity contribution in [3.05, 3.63) is 30.3 Å². The first-order chi connectivity index (χ1) is 7.04. The van der Waals surface area contributed by atoms with E-state index in [1.54, 1.807) is 11.9 Å². The average molecular weight is 206 g/mol. The molecule has 0 aromatic heterocycles. The molecule has 0 heterocycles. The third-order valence-electron chi connectivity index (χ3n) is 2.48. The Balaban J connectivity index is 2.78. The molecular weight excluding hydrogens is 188 g/mol. The normalized spacial score (nSPS) is 12.6. The molecule has 0 saturated heterocycles. The summed E-state index contributed by atoms with van der Waals surface area (Å²) < 4.78 is 0. The number of hydrogen-bond donors (Lipinski definition) is 1. The van der Waals surface area contributed by atoms with Gasteiger partial charge >= 0.3 is 0 Å². The molecule has 1 rings (SSSR count). The highest BCUT2D eigenvalue weighted by Gasteiger charge is 2.21. The van der Waals surface area contributed by atoms with Crippen molar-refractivity contribution in [3.8, 4) is 0 Å². The molecule has 1 aromatic rings. The van der Waals surface area contributed by atoms with E-state index in [2.05, 4.69) is 0 Å². The Morgan fingerprint density at radius 1 is 1.27 bits per heavy atom. The first kappa shape index (κ1) is 11.7. The maximum Gasteiger partial charge on any atom is 0.243 e. The molecule has 1 aromatic carbocycles. The second kappa shape index (κ2) is 4.94. The third kappa shape index (κ3) is 2.80. The van der Waals surface area contributed by atoms with Gasteiger partial charge in [0.25, 0.3) is 0 Å². The molecule has 0 bridgehead atoms. The fourth-order valence-corrected chi connectivity index (χ4v) is 1.29. The number of amides is 1. The summed E-state index contributed by atoms with van der Waals surface area (Å²) in [7, 11) is 1.75. The highest BCUT2D eigenvalue weighted by Crippen LogP contribution is 2.13. The van der Waals surface area contributed by atoms with Crippen LogP contribution in [0, 0.1) is 5.92 Å². The van der Waals surface area contributed by atoms with Crippen LogP contribution in [0.3, 0.4) is 0 Å². The lowest BCUT2D eigenvalue weighted by atomic mass is 10.0. The largest absolute Gasteiger partial charge is 0.320 e. The Hall–Kier alpha value is -1.35. The van der Waals surface area contributed by atoms with Crippen LogP contribution in [0.1, 0.15) is 13.8 Å². The summed E-state index contributed by atoms with van der Waals surface area (Å²) in [4.78, 5) is 13.5. The van der Waals surface area contributed by atoms with E-state index < -0.39 is 6.04 Å². The molecule has 1 atom stereocenters. The maximum absolute atomic E-state index is 11.9. The van der Waals surface area contributed by atoms with Crippen LogP contribution in [-0.4, -0.2) is 19.0 Å². The van der Waals surface area contributed by atoms with Gasteiger partial charge in [-0.25, -0.2) is 0 Å². The predicted octanol–water partition coefficient (Wildman–Crippen LogP) is 1.63. The fraction of sp³-hybridized carbons (Fsp3) is 0.417. The summed E-state index contributed by atoms with van der Waals surface area (Å²) >= 11 is 0. The standard InChI is InChI=1S/C12H18N2O/c1-9(2)11(13)12(15)14(3)10-7-5-4-6-8-10/h4-9,11H,13H2,1-3H3/t11-/m1/s1. The molecule has 0 aliphatic heterocycles. The van der Waals surface area contributed by atoms with Crippen molar-refractivity contribution in [2.24, 2.45) is 11.7 Å². The van der Waals surface area contributed by atoms with Gasteiger partial charge in [0, 0.05) is 12.7 Å². The molecule has 0 aliphatic rings. The molecule has 3 nitrogen and oxygen atoms in total. The van der Waals surface area contributed by atoms with Crippen LogP contribution in [0.25, 0.3) is 0 Å². The first-order valence-corrected chi connectivity index (χ1v) is 5.12. The van der Waals surface area contributed by atoms with Gasteiger partial charge in [-0.1, -0.05) is 32.0 Å². The predicted molar refractivity (Wildman–Crippen MR) is 62.7 cm³/mol. The second-order valence-corrected chi connectivity index (χ2v) is 4.00. The molecular formula is C12H18N2O. The summed E-state index contributed by atoms with van der Waals surface area (Å²) in [6.45, 7) is 3.89. The number of hydrogen-bond acceptors (Lipinski definition) is 2. The van der Waals surface area contributed by atoms with E-state index in [9.17, 15) is 4.79 Å². The molecule has 0 fully saturated rings. The minimum absolute atomic E-state index is 0.0452. The molecule has 2 N–H and O–H groups in total. The van der Waals surface area contributed by atoms with Crippen molar-refractivity contribution in [2.45, 2.75) is 19.9 Å². The second-order valence-electron chi connectivity index (χ2n) is 4.00. The molecule has 0 saturated carbocycles. The van der Waals surface area contributed by atoms with E-state index in [0.717, 1.165) is 5.69 Å². The van der Waals surface area contributed by atoms with E-state index in [-0.39, 0.29) is 11.8 Å². The highest BCUT2D eigenvalue weighted by atomic mass is 16.2. The van der Waals surface area contributed by atoms with Gasteiger partial charge in [0.15, 0.2) is 0 Å². The van der Waals surface area contributed by atoms with Gasteiger partial charge in [0.05, 0.1) is 6.04 Å². The summed E-state index contributed by atoms with van der Waals surface area (Å²) in [5.74, 6) is 0.111. The van der Waals surface area contributed by atoms with E-state index in [4.69, 9.17) is 5.73 Å². The molecule has 0 spiro atoms. The smallest absolute Gasteiger partial charge is 0.243 e. The van der Waals surface area contributed by atoms with Gasteiger partial charge in [0.2, 0.25) is 5.91 Å². The number of anilines is 1. The van der Waals surface area contributed by atoms with Gasteiger partial charge < -0.3 is 10.6 Å². The first-order valence-electron chi connectivity index (χ1n) is 5.12. The van der Waals surface area contributed by atoms with Crippen LogP contribution in [0.15, 0.2) is 30.3 Å². The Kier molecular flexibility index (Phi) is 3.86. The molecule has 0 aliphatic carbocycles. The van der Waals surface area contributed by atoms with Crippen LogP contribution in [-0.2, 0) is 4.79 Å². The van der Waals surface area contributed by atoms with E-state index in [1.807, 2.05) is 44.2 Å². The molecule has 1 amide bonds. The zero-order chi connectivity index (χ0) is 11.4. The van der Waals surface area contributed by atoms with Crippen molar-refractivity contribution in [3.63, 3.8) is 0 Å². The molecule has 82 valence electrons. The summed E-state index contributed by atoms with van der Waals surface area (Å²) in [6.07, 6.45) is 0. The van der Waals surface area contributed by atoms with Gasteiger partial charge in [-0.05, 0) is 18.1 Å². The summed E-state index contributed by atoms with van der Waals surface area (Å²) in [5.41, 5.74) is 6.68. The van der Waals surface area contributed by atoms with Crippen molar-refractivity contribution >= 4 is 11.6 Å². The Morgan fingerprint density at radius 2 is 1.80 bits per heavy atom. The minimum atomic E-state index is -0.435. The zero-order valence-electron chi connectivity index (χ0n) is 9.47. The van der Waals surface area contributed by atoms with Gasteiger partial charge in [-0.15, -0.1) is 0 Å². The Bertz CT molecular complexity index is 322. The maximum atomic E-state index is 11.9. The molecule has 0 unspecified atom stereocenters. The van der Waals surface area contributed by atoms with Crippen LogP contribution in [0.4, 0.5) is 5.69 Å². The number of nitrogens with two attached hydrogens (primary N) is 1. The Labute approximate surface area is 90.9 Å². The van der Waals surface area contributed by atoms with Crippen LogP contribution in [0.5, 0.6) is 0 Å². The number of para-hydroxylation sites is 1. The molecule has 0 radical (unpaired) electrons. The number of benzene rings is 1. The number of carbonyl (C=O) groups is 1. The topological polar surface area (TPSA) is 46.3 Å². The van der Waals surface area contributed by atoms with Crippen molar-refractivity contribution in [1.82, 2.24) is 0 Å². The van der Waals surface area contributed by atoms with Crippen molar-refractivity contribution < 1.29 is 4.79 Å².